The zero-order chi connectivity index (χ0) is 11.8. The minimum atomic E-state index is 0.0990. The maximum atomic E-state index is 6.68. The third-order valence-electron chi connectivity index (χ3n) is 3.59. The molecular formula is C13H15Br2Cl. The lowest BCUT2D eigenvalue weighted by molar-refractivity contribution is 0.321. The van der Waals surface area contributed by atoms with Crippen molar-refractivity contribution in [3.63, 3.8) is 0 Å². The summed E-state index contributed by atoms with van der Waals surface area (Å²) in [4.78, 5) is 0. The fourth-order valence-corrected chi connectivity index (χ4v) is 3.91. The second-order valence-corrected chi connectivity index (χ2v) is 7.10. The molecule has 1 aliphatic carbocycles. The van der Waals surface area contributed by atoms with E-state index in [4.69, 9.17) is 11.6 Å². The molecule has 16 heavy (non-hydrogen) atoms. The van der Waals surface area contributed by atoms with Crippen molar-refractivity contribution in [2.24, 2.45) is 5.41 Å². The lowest BCUT2D eigenvalue weighted by Gasteiger charge is -2.30. The van der Waals surface area contributed by atoms with Crippen LogP contribution in [0.15, 0.2) is 27.1 Å². The summed E-state index contributed by atoms with van der Waals surface area (Å²) in [6.07, 6.45) is 5.09. The Bertz CT molecular complexity index is 384. The molecule has 0 radical (unpaired) electrons. The van der Waals surface area contributed by atoms with E-state index < -0.39 is 0 Å². The average molecular weight is 367 g/mol. The normalized spacial score (nSPS) is 21.0. The van der Waals surface area contributed by atoms with Crippen molar-refractivity contribution in [1.29, 1.82) is 0 Å². The van der Waals surface area contributed by atoms with E-state index >= 15 is 0 Å². The van der Waals surface area contributed by atoms with Crippen molar-refractivity contribution in [3.05, 3.63) is 32.7 Å². The van der Waals surface area contributed by atoms with Crippen molar-refractivity contribution in [1.82, 2.24) is 0 Å². The summed E-state index contributed by atoms with van der Waals surface area (Å²) in [5, 5.41) is 0.0990. The monoisotopic (exact) mass is 364 g/mol. The lowest BCUT2D eigenvalue weighted by atomic mass is 9.81. The highest BCUT2D eigenvalue weighted by molar-refractivity contribution is 9.11. The Morgan fingerprint density at radius 2 is 1.88 bits per heavy atom. The maximum absolute atomic E-state index is 6.68. The standard InChI is InChI=1S/C13H15Br2Cl/c1-13(6-2-3-7-13)12(16)10-8-9(14)4-5-11(10)15/h4-5,8,12H,2-3,6-7H2,1H3. The van der Waals surface area contributed by atoms with Crippen LogP contribution in [0.2, 0.25) is 0 Å². The highest BCUT2D eigenvalue weighted by Gasteiger charge is 2.37. The molecule has 1 atom stereocenters. The van der Waals surface area contributed by atoms with Crippen LogP contribution in [0.1, 0.15) is 43.5 Å². The van der Waals surface area contributed by atoms with E-state index in [1.807, 2.05) is 6.07 Å². The Kier molecular flexibility index (Phi) is 4.03. The van der Waals surface area contributed by atoms with Gasteiger partial charge in [-0.2, -0.15) is 0 Å². The van der Waals surface area contributed by atoms with Crippen LogP contribution in [-0.2, 0) is 0 Å². The fourth-order valence-electron chi connectivity index (χ4n) is 2.52. The molecule has 0 heterocycles. The number of rotatable bonds is 2. The summed E-state index contributed by atoms with van der Waals surface area (Å²) in [6, 6.07) is 6.23. The van der Waals surface area contributed by atoms with Crippen molar-refractivity contribution in [2.75, 3.05) is 0 Å². The molecule has 1 fully saturated rings. The van der Waals surface area contributed by atoms with Crippen molar-refractivity contribution in [3.8, 4) is 0 Å². The van der Waals surface area contributed by atoms with Gasteiger partial charge in [-0.1, -0.05) is 51.6 Å². The molecule has 0 amide bonds. The van der Waals surface area contributed by atoms with E-state index in [-0.39, 0.29) is 10.8 Å². The van der Waals surface area contributed by atoms with E-state index in [0.29, 0.717) is 0 Å². The summed E-state index contributed by atoms with van der Waals surface area (Å²) >= 11 is 13.8. The molecule has 1 saturated carbocycles. The third kappa shape index (κ3) is 2.49. The van der Waals surface area contributed by atoms with Crippen LogP contribution >= 0.6 is 43.5 Å². The molecule has 1 aromatic rings. The number of halogens is 3. The summed E-state index contributed by atoms with van der Waals surface area (Å²) in [5.74, 6) is 0. The summed E-state index contributed by atoms with van der Waals surface area (Å²) in [7, 11) is 0. The van der Waals surface area contributed by atoms with Crippen LogP contribution in [0.25, 0.3) is 0 Å². The Labute approximate surface area is 119 Å². The zero-order valence-electron chi connectivity index (χ0n) is 9.27. The van der Waals surface area contributed by atoms with Gasteiger partial charge in [0.15, 0.2) is 0 Å². The van der Waals surface area contributed by atoms with Gasteiger partial charge >= 0.3 is 0 Å². The first-order valence-corrected chi connectivity index (χ1v) is 7.64. The molecule has 0 spiro atoms. The topological polar surface area (TPSA) is 0 Å². The average Bonchev–Trinajstić information content (AvgIpc) is 2.69. The Morgan fingerprint density at radius 3 is 2.50 bits per heavy atom. The summed E-state index contributed by atoms with van der Waals surface area (Å²) < 4.78 is 2.21. The molecule has 0 saturated heterocycles. The van der Waals surface area contributed by atoms with Crippen molar-refractivity contribution in [2.45, 2.75) is 38.0 Å². The van der Waals surface area contributed by atoms with Gasteiger partial charge < -0.3 is 0 Å². The molecule has 1 unspecified atom stereocenters. The Morgan fingerprint density at radius 1 is 1.25 bits per heavy atom. The van der Waals surface area contributed by atoms with Crippen molar-refractivity contribution < 1.29 is 0 Å². The van der Waals surface area contributed by atoms with Gasteiger partial charge in [-0.25, -0.2) is 0 Å². The van der Waals surface area contributed by atoms with Gasteiger partial charge in [0.25, 0.3) is 0 Å². The van der Waals surface area contributed by atoms with Crippen LogP contribution in [0.3, 0.4) is 0 Å². The molecule has 2 rings (SSSR count). The van der Waals surface area contributed by atoms with Crippen LogP contribution in [-0.4, -0.2) is 0 Å². The predicted octanol–water partition coefficient (Wildman–Crippen LogP) is 6.07. The quantitative estimate of drug-likeness (QED) is 0.557. The first-order chi connectivity index (χ1) is 7.53. The largest absolute Gasteiger partial charge is 0.117 e. The Balaban J connectivity index is 2.32. The SMILES string of the molecule is CC1(C(Cl)c2cc(Br)ccc2Br)CCCC1. The third-order valence-corrected chi connectivity index (χ3v) is 5.57. The second-order valence-electron chi connectivity index (χ2n) is 4.89. The number of hydrogen-bond donors (Lipinski definition) is 0. The number of alkyl halides is 1. The van der Waals surface area contributed by atoms with Gasteiger partial charge in [0.1, 0.15) is 0 Å². The molecule has 0 aliphatic heterocycles. The smallest absolute Gasteiger partial charge is 0.0650 e. The lowest BCUT2D eigenvalue weighted by Crippen LogP contribution is -2.18. The molecular weight excluding hydrogens is 351 g/mol. The molecule has 0 nitrogen and oxygen atoms in total. The molecule has 0 bridgehead atoms. The van der Waals surface area contributed by atoms with E-state index in [9.17, 15) is 0 Å². The number of hydrogen-bond acceptors (Lipinski definition) is 0. The van der Waals surface area contributed by atoms with Gasteiger partial charge in [-0.05, 0) is 42.0 Å². The molecule has 0 aromatic heterocycles. The summed E-state index contributed by atoms with van der Waals surface area (Å²) in [5.41, 5.74) is 1.46. The minimum Gasteiger partial charge on any atom is -0.117 e. The Hall–Kier alpha value is 0.470. The molecule has 1 aliphatic rings. The highest BCUT2D eigenvalue weighted by atomic mass is 79.9. The highest BCUT2D eigenvalue weighted by Crippen LogP contribution is 2.52. The zero-order valence-corrected chi connectivity index (χ0v) is 13.2. The van der Waals surface area contributed by atoms with Crippen LogP contribution in [0.5, 0.6) is 0 Å². The van der Waals surface area contributed by atoms with Crippen LogP contribution in [0, 0.1) is 5.41 Å². The second kappa shape index (κ2) is 4.99. The first-order valence-electron chi connectivity index (χ1n) is 5.62. The minimum absolute atomic E-state index is 0.0990. The van der Waals surface area contributed by atoms with E-state index in [0.717, 1.165) is 8.95 Å². The van der Waals surface area contributed by atoms with Gasteiger partial charge in [-0.15, -0.1) is 11.6 Å². The van der Waals surface area contributed by atoms with Gasteiger partial charge in [0, 0.05) is 8.95 Å². The van der Waals surface area contributed by atoms with Gasteiger partial charge in [-0.3, -0.25) is 0 Å². The maximum Gasteiger partial charge on any atom is 0.0650 e. The number of benzene rings is 1. The van der Waals surface area contributed by atoms with E-state index in [1.54, 1.807) is 0 Å². The van der Waals surface area contributed by atoms with E-state index in [1.165, 1.54) is 31.2 Å². The van der Waals surface area contributed by atoms with Gasteiger partial charge in [0.05, 0.1) is 5.38 Å². The first kappa shape index (κ1) is 12.9. The van der Waals surface area contributed by atoms with Crippen LogP contribution < -0.4 is 0 Å². The van der Waals surface area contributed by atoms with E-state index in [2.05, 4.69) is 50.9 Å². The predicted molar refractivity (Wildman–Crippen MR) is 77.0 cm³/mol. The van der Waals surface area contributed by atoms with Crippen molar-refractivity contribution >= 4 is 43.5 Å². The molecule has 0 N–H and O–H groups in total. The molecule has 1 aromatic carbocycles. The fraction of sp³-hybridized carbons (Fsp3) is 0.538. The van der Waals surface area contributed by atoms with Gasteiger partial charge in [0.2, 0.25) is 0 Å². The molecule has 3 heteroatoms. The summed E-state index contributed by atoms with van der Waals surface area (Å²) in [6.45, 7) is 2.31. The van der Waals surface area contributed by atoms with Crippen LogP contribution in [0.4, 0.5) is 0 Å². The molecule has 88 valence electrons.